The van der Waals surface area contributed by atoms with Crippen molar-refractivity contribution in [2.75, 3.05) is 45.9 Å². The van der Waals surface area contributed by atoms with E-state index in [1.807, 2.05) is 13.8 Å². The highest BCUT2D eigenvalue weighted by Crippen LogP contribution is 2.00. The Labute approximate surface area is 102 Å². The lowest BCUT2D eigenvalue weighted by Crippen LogP contribution is -2.47. The van der Waals surface area contributed by atoms with Crippen molar-refractivity contribution < 1.29 is 4.74 Å². The number of nitrogens with zero attached hydrogens (tertiary/aromatic N) is 2. The molecule has 16 heavy (non-hydrogen) atoms. The van der Waals surface area contributed by atoms with Crippen LogP contribution >= 0.6 is 0 Å². The number of likely N-dealkylation sites (N-methyl/N-ethyl adjacent to an activating group) is 1. The zero-order chi connectivity index (χ0) is 12.4. The monoisotopic (exact) mass is 230 g/mol. The van der Waals surface area contributed by atoms with E-state index < -0.39 is 0 Å². The Kier molecular flexibility index (Phi) is 9.99. The highest BCUT2D eigenvalue weighted by atomic mass is 16.5. The highest BCUT2D eigenvalue weighted by molar-refractivity contribution is 4.70. The summed E-state index contributed by atoms with van der Waals surface area (Å²) in [6.07, 6.45) is 0.368. The van der Waals surface area contributed by atoms with Crippen LogP contribution in [0, 0.1) is 0 Å². The molecule has 0 atom stereocenters. The zero-order valence-electron chi connectivity index (χ0n) is 11.8. The van der Waals surface area contributed by atoms with Crippen LogP contribution in [0.4, 0.5) is 0 Å². The third-order valence-corrected chi connectivity index (χ3v) is 2.77. The maximum Gasteiger partial charge on any atom is 0.0596 e. The second-order valence-electron chi connectivity index (χ2n) is 4.20. The number of piperazine rings is 1. The van der Waals surface area contributed by atoms with E-state index in [4.69, 9.17) is 4.74 Å². The average Bonchev–Trinajstić information content (AvgIpc) is 2.32. The van der Waals surface area contributed by atoms with Gasteiger partial charge >= 0.3 is 0 Å². The van der Waals surface area contributed by atoms with Gasteiger partial charge in [0.1, 0.15) is 0 Å². The largest absolute Gasteiger partial charge is 0.377 e. The second kappa shape index (κ2) is 10.1. The van der Waals surface area contributed by atoms with E-state index in [-0.39, 0.29) is 0 Å². The zero-order valence-corrected chi connectivity index (χ0v) is 11.8. The van der Waals surface area contributed by atoms with Gasteiger partial charge in [-0.3, -0.25) is 4.90 Å². The molecule has 3 nitrogen and oxygen atoms in total. The van der Waals surface area contributed by atoms with Crippen molar-refractivity contribution in [3.05, 3.63) is 0 Å². The minimum Gasteiger partial charge on any atom is -0.377 e. The summed E-state index contributed by atoms with van der Waals surface area (Å²) in [7, 11) is 0. The molecule has 0 amide bonds. The summed E-state index contributed by atoms with van der Waals surface area (Å²) in [6, 6.07) is 0. The third kappa shape index (κ3) is 7.20. The molecule has 1 rings (SSSR count). The summed E-state index contributed by atoms with van der Waals surface area (Å²) < 4.78 is 5.54. The molecule has 1 aliphatic rings. The lowest BCUT2D eigenvalue weighted by atomic mass is 10.3. The second-order valence-corrected chi connectivity index (χ2v) is 4.20. The van der Waals surface area contributed by atoms with Gasteiger partial charge in [0, 0.05) is 32.7 Å². The summed E-state index contributed by atoms with van der Waals surface area (Å²) in [6.45, 7) is 18.4. The molecule has 0 unspecified atom stereocenters. The van der Waals surface area contributed by atoms with Crippen molar-refractivity contribution in [2.24, 2.45) is 0 Å². The van der Waals surface area contributed by atoms with Crippen LogP contribution in [0.15, 0.2) is 0 Å². The first-order valence-corrected chi connectivity index (χ1v) is 6.78. The predicted octanol–water partition coefficient (Wildman–Crippen LogP) is 2.08. The molecular weight excluding hydrogens is 200 g/mol. The van der Waals surface area contributed by atoms with E-state index in [9.17, 15) is 0 Å². The Balaban J connectivity index is 0.00000106. The Hall–Kier alpha value is -0.120. The van der Waals surface area contributed by atoms with E-state index in [0.717, 1.165) is 13.2 Å². The van der Waals surface area contributed by atoms with Crippen molar-refractivity contribution in [3.8, 4) is 0 Å². The molecule has 0 bridgehead atoms. The van der Waals surface area contributed by atoms with E-state index in [1.165, 1.54) is 32.7 Å². The molecule has 0 N–H and O–H groups in total. The number of hydrogen-bond acceptors (Lipinski definition) is 3. The maximum absolute atomic E-state index is 5.54. The first-order valence-electron chi connectivity index (χ1n) is 6.78. The summed E-state index contributed by atoms with van der Waals surface area (Å²) in [5.74, 6) is 0. The van der Waals surface area contributed by atoms with Gasteiger partial charge in [-0.25, -0.2) is 0 Å². The van der Waals surface area contributed by atoms with Crippen molar-refractivity contribution in [3.63, 3.8) is 0 Å². The fourth-order valence-corrected chi connectivity index (χ4v) is 1.75. The van der Waals surface area contributed by atoms with Gasteiger partial charge in [-0.05, 0) is 20.4 Å². The molecule has 0 aromatic carbocycles. The molecule has 0 radical (unpaired) electrons. The fourth-order valence-electron chi connectivity index (χ4n) is 1.75. The molecule has 98 valence electrons. The van der Waals surface area contributed by atoms with E-state index >= 15 is 0 Å². The summed E-state index contributed by atoms with van der Waals surface area (Å²) in [5, 5.41) is 0. The number of ether oxygens (including phenoxy) is 1. The van der Waals surface area contributed by atoms with Gasteiger partial charge in [0.25, 0.3) is 0 Å². The van der Waals surface area contributed by atoms with Gasteiger partial charge in [-0.15, -0.1) is 0 Å². The molecule has 0 aromatic rings. The van der Waals surface area contributed by atoms with Gasteiger partial charge in [0.2, 0.25) is 0 Å². The smallest absolute Gasteiger partial charge is 0.0596 e. The molecule has 1 heterocycles. The van der Waals surface area contributed by atoms with Crippen LogP contribution in [-0.2, 0) is 4.74 Å². The van der Waals surface area contributed by atoms with Gasteiger partial charge in [0.05, 0.1) is 12.7 Å². The minimum absolute atomic E-state index is 0.368. The van der Waals surface area contributed by atoms with Gasteiger partial charge in [-0.1, -0.05) is 20.8 Å². The molecule has 0 spiro atoms. The Morgan fingerprint density at radius 2 is 1.50 bits per heavy atom. The summed E-state index contributed by atoms with van der Waals surface area (Å²) >= 11 is 0. The van der Waals surface area contributed by atoms with Gasteiger partial charge in [0.15, 0.2) is 0 Å². The first kappa shape index (κ1) is 15.9. The topological polar surface area (TPSA) is 15.7 Å². The molecule has 1 fully saturated rings. The average molecular weight is 230 g/mol. The number of hydrogen-bond donors (Lipinski definition) is 0. The highest BCUT2D eigenvalue weighted by Gasteiger charge is 2.14. The van der Waals surface area contributed by atoms with Crippen molar-refractivity contribution >= 4 is 0 Å². The number of rotatable bonds is 5. The van der Waals surface area contributed by atoms with Crippen LogP contribution in [0.25, 0.3) is 0 Å². The minimum atomic E-state index is 0.368. The molecule has 0 saturated carbocycles. The lowest BCUT2D eigenvalue weighted by molar-refractivity contribution is 0.0455. The molecule has 0 aliphatic carbocycles. The van der Waals surface area contributed by atoms with E-state index in [1.54, 1.807) is 0 Å². The molecule has 1 aliphatic heterocycles. The Morgan fingerprint density at radius 1 is 1.00 bits per heavy atom. The molecule has 1 saturated heterocycles. The summed E-state index contributed by atoms with van der Waals surface area (Å²) in [4.78, 5) is 4.99. The molecule has 0 aromatic heterocycles. The van der Waals surface area contributed by atoms with Gasteiger partial charge in [-0.2, -0.15) is 0 Å². The normalized spacial score (nSPS) is 18.4. The van der Waals surface area contributed by atoms with Crippen molar-refractivity contribution in [1.82, 2.24) is 9.80 Å². The Morgan fingerprint density at radius 3 is 1.94 bits per heavy atom. The first-order chi connectivity index (χ1) is 7.72. The molecule has 3 heteroatoms. The van der Waals surface area contributed by atoms with Crippen molar-refractivity contribution in [1.29, 1.82) is 0 Å². The van der Waals surface area contributed by atoms with E-state index in [0.29, 0.717) is 6.10 Å². The van der Waals surface area contributed by atoms with Crippen molar-refractivity contribution in [2.45, 2.75) is 40.7 Å². The van der Waals surface area contributed by atoms with E-state index in [2.05, 4.69) is 30.6 Å². The standard InChI is InChI=1S/C11H24N2O.C2H6/c1-4-12-5-7-13(8-6-12)9-10-14-11(2)3;1-2/h11H,4-10H2,1-3H3;1-2H3. The fraction of sp³-hybridized carbons (Fsp3) is 1.00. The maximum atomic E-state index is 5.54. The summed E-state index contributed by atoms with van der Waals surface area (Å²) in [5.41, 5.74) is 0. The van der Waals surface area contributed by atoms with Crippen LogP contribution < -0.4 is 0 Å². The van der Waals surface area contributed by atoms with Crippen LogP contribution in [0.5, 0.6) is 0 Å². The Bertz CT molecular complexity index is 143. The third-order valence-electron chi connectivity index (χ3n) is 2.77. The van der Waals surface area contributed by atoms with Crippen LogP contribution in [0.3, 0.4) is 0 Å². The van der Waals surface area contributed by atoms with Gasteiger partial charge < -0.3 is 9.64 Å². The predicted molar refractivity (Wildman–Crippen MR) is 71.0 cm³/mol. The quantitative estimate of drug-likeness (QED) is 0.719. The SMILES string of the molecule is CC.CCN1CCN(CCOC(C)C)CC1. The van der Waals surface area contributed by atoms with Crippen LogP contribution in [-0.4, -0.2) is 61.8 Å². The lowest BCUT2D eigenvalue weighted by Gasteiger charge is -2.33. The van der Waals surface area contributed by atoms with Crippen LogP contribution in [0.2, 0.25) is 0 Å². The molecular formula is C13H30N2O. The van der Waals surface area contributed by atoms with Crippen LogP contribution in [0.1, 0.15) is 34.6 Å².